The predicted molar refractivity (Wildman–Crippen MR) is 74.3 cm³/mol. The third-order valence-corrected chi connectivity index (χ3v) is 5.06. The van der Waals surface area contributed by atoms with Crippen LogP contribution in [0, 0.1) is 5.92 Å². The predicted octanol–water partition coefficient (Wildman–Crippen LogP) is 3.11. The monoisotopic (exact) mass is 261 g/mol. The second-order valence-electron chi connectivity index (χ2n) is 6.55. The minimum absolute atomic E-state index is 0.0594. The van der Waals surface area contributed by atoms with Crippen molar-refractivity contribution in [1.29, 1.82) is 0 Å². The zero-order chi connectivity index (χ0) is 13.1. The van der Waals surface area contributed by atoms with Crippen molar-refractivity contribution in [2.24, 2.45) is 5.92 Å². The van der Waals surface area contributed by atoms with Crippen molar-refractivity contribution in [2.45, 2.75) is 59.4 Å². The number of amides is 1. The summed E-state index contributed by atoms with van der Waals surface area (Å²) in [6, 6.07) is 0. The van der Waals surface area contributed by atoms with Gasteiger partial charge in [0.1, 0.15) is 6.23 Å². The molecular formula is C11H27NO2Si2. The van der Waals surface area contributed by atoms with E-state index < -0.39 is 16.6 Å². The topological polar surface area (TPSA) is 29.5 Å². The number of nitrogens with zero attached hydrogens (tertiary/aromatic N) is 1. The Balaban J connectivity index is 4.96. The van der Waals surface area contributed by atoms with E-state index in [-0.39, 0.29) is 6.23 Å². The molecular weight excluding hydrogens is 234 g/mol. The highest BCUT2D eigenvalue weighted by Crippen LogP contribution is 2.22. The van der Waals surface area contributed by atoms with Gasteiger partial charge in [-0.05, 0) is 25.6 Å². The zero-order valence-corrected chi connectivity index (χ0v) is 14.0. The fourth-order valence-electron chi connectivity index (χ4n) is 1.48. The Bertz CT molecular complexity index is 231. The highest BCUT2D eigenvalue weighted by molar-refractivity contribution is 6.75. The quantitative estimate of drug-likeness (QED) is 0.418. The maximum Gasteiger partial charge on any atom is 0.203 e. The van der Waals surface area contributed by atoms with Crippen LogP contribution in [0.5, 0.6) is 0 Å². The maximum absolute atomic E-state index is 11.3. The molecule has 0 radical (unpaired) electrons. The summed E-state index contributed by atoms with van der Waals surface area (Å²) in [7, 11) is -3.27. The smallest absolute Gasteiger partial charge is 0.203 e. The highest BCUT2D eigenvalue weighted by atomic mass is 28.4. The molecule has 0 aliphatic carbocycles. The number of rotatable bonds is 6. The fraction of sp³-hybridized carbons (Fsp3) is 0.909. The van der Waals surface area contributed by atoms with Gasteiger partial charge in [-0.15, -0.1) is 0 Å². The molecule has 0 aliphatic heterocycles. The van der Waals surface area contributed by atoms with Crippen LogP contribution in [-0.2, 0) is 9.22 Å². The van der Waals surface area contributed by atoms with Crippen molar-refractivity contribution in [3.8, 4) is 0 Å². The molecule has 0 fully saturated rings. The van der Waals surface area contributed by atoms with Gasteiger partial charge >= 0.3 is 0 Å². The molecule has 5 heteroatoms. The second-order valence-corrected chi connectivity index (χ2v) is 15.9. The molecule has 0 aromatic rings. The summed E-state index contributed by atoms with van der Waals surface area (Å²) in [6.45, 7) is 17.2. The second kappa shape index (κ2) is 5.47. The lowest BCUT2D eigenvalue weighted by atomic mass is 10.2. The molecule has 1 unspecified atom stereocenters. The van der Waals surface area contributed by atoms with E-state index in [0.29, 0.717) is 5.92 Å². The summed E-state index contributed by atoms with van der Waals surface area (Å²) in [5.74, 6) is 0.337. The van der Waals surface area contributed by atoms with Gasteiger partial charge in [0.25, 0.3) is 0 Å². The summed E-state index contributed by atoms with van der Waals surface area (Å²) >= 11 is 0. The van der Waals surface area contributed by atoms with Crippen molar-refractivity contribution in [2.75, 3.05) is 0 Å². The lowest BCUT2D eigenvalue weighted by molar-refractivity contribution is -0.121. The van der Waals surface area contributed by atoms with E-state index in [1.165, 1.54) is 0 Å². The van der Waals surface area contributed by atoms with Gasteiger partial charge in [-0.3, -0.25) is 4.79 Å². The molecule has 0 heterocycles. The molecule has 3 nitrogen and oxygen atoms in total. The molecule has 1 amide bonds. The largest absolute Gasteiger partial charge is 0.398 e. The minimum atomic E-state index is -1.65. The summed E-state index contributed by atoms with van der Waals surface area (Å²) in [4.78, 5) is 11.3. The first kappa shape index (κ1) is 15.9. The van der Waals surface area contributed by atoms with Crippen molar-refractivity contribution < 1.29 is 9.22 Å². The van der Waals surface area contributed by atoms with Gasteiger partial charge in [0.2, 0.25) is 6.41 Å². The van der Waals surface area contributed by atoms with Crippen molar-refractivity contribution >= 4 is 23.0 Å². The molecule has 16 heavy (non-hydrogen) atoms. The van der Waals surface area contributed by atoms with E-state index in [0.717, 1.165) is 6.41 Å². The number of hydrogen-bond acceptors (Lipinski definition) is 2. The van der Waals surface area contributed by atoms with Crippen molar-refractivity contribution in [3.63, 3.8) is 0 Å². The Labute approximate surface area is 102 Å². The summed E-state index contributed by atoms with van der Waals surface area (Å²) < 4.78 is 8.07. The van der Waals surface area contributed by atoms with Gasteiger partial charge in [-0.25, -0.2) is 0 Å². The van der Waals surface area contributed by atoms with Crippen LogP contribution in [0.25, 0.3) is 0 Å². The van der Waals surface area contributed by atoms with Crippen LogP contribution in [0.4, 0.5) is 0 Å². The van der Waals surface area contributed by atoms with E-state index >= 15 is 0 Å². The number of carbonyl (C=O) groups is 1. The van der Waals surface area contributed by atoms with E-state index in [4.69, 9.17) is 4.43 Å². The van der Waals surface area contributed by atoms with Crippen LogP contribution in [0.3, 0.4) is 0 Å². The normalized spacial score (nSPS) is 15.1. The molecule has 0 saturated carbocycles. The first-order valence-electron chi connectivity index (χ1n) is 5.90. The van der Waals surface area contributed by atoms with Crippen molar-refractivity contribution in [3.05, 3.63) is 0 Å². The molecule has 96 valence electrons. The van der Waals surface area contributed by atoms with Gasteiger partial charge in [-0.1, -0.05) is 33.5 Å². The average molecular weight is 262 g/mol. The van der Waals surface area contributed by atoms with Crippen LogP contribution < -0.4 is 0 Å². The molecule has 0 saturated heterocycles. The Hall–Kier alpha value is -0.136. The number of carbonyl (C=O) groups excluding carboxylic acids is 1. The third kappa shape index (κ3) is 5.27. The van der Waals surface area contributed by atoms with Crippen LogP contribution >= 0.6 is 0 Å². The first-order valence-corrected chi connectivity index (χ1v) is 12.8. The summed E-state index contributed by atoms with van der Waals surface area (Å²) in [5.41, 5.74) is 0. The SMILES string of the molecule is CC(C)C(O[Si](C)(C)C)N(C=O)[Si](C)(C)C. The third-order valence-electron chi connectivity index (χ3n) is 2.21. The maximum atomic E-state index is 11.3. The van der Waals surface area contributed by atoms with Gasteiger partial charge in [-0.2, -0.15) is 0 Å². The van der Waals surface area contributed by atoms with Crippen LogP contribution in [0.2, 0.25) is 39.3 Å². The minimum Gasteiger partial charge on any atom is -0.398 e. The Morgan fingerprint density at radius 1 is 1.06 bits per heavy atom. The Morgan fingerprint density at radius 3 is 1.69 bits per heavy atom. The molecule has 0 rings (SSSR count). The van der Waals surface area contributed by atoms with Gasteiger partial charge < -0.3 is 8.99 Å². The Morgan fingerprint density at radius 2 is 1.50 bits per heavy atom. The molecule has 1 atom stereocenters. The molecule has 0 bridgehead atoms. The van der Waals surface area contributed by atoms with Crippen molar-refractivity contribution in [1.82, 2.24) is 4.57 Å². The summed E-state index contributed by atoms with van der Waals surface area (Å²) in [5, 5.41) is 0. The van der Waals surface area contributed by atoms with Gasteiger partial charge in [0.15, 0.2) is 16.6 Å². The summed E-state index contributed by atoms with van der Waals surface area (Å²) in [6.07, 6.45) is 0.910. The number of hydrogen-bond donors (Lipinski definition) is 0. The zero-order valence-electron chi connectivity index (χ0n) is 12.0. The van der Waals surface area contributed by atoms with Crippen LogP contribution in [0.1, 0.15) is 13.8 Å². The lowest BCUT2D eigenvalue weighted by Gasteiger charge is -2.42. The van der Waals surface area contributed by atoms with Gasteiger partial charge in [0, 0.05) is 0 Å². The van der Waals surface area contributed by atoms with Crippen LogP contribution in [-0.4, -0.2) is 33.8 Å². The average Bonchev–Trinajstić information content (AvgIpc) is 1.98. The van der Waals surface area contributed by atoms with Crippen LogP contribution in [0.15, 0.2) is 0 Å². The molecule has 0 aromatic carbocycles. The Kier molecular flexibility index (Phi) is 5.42. The first-order chi connectivity index (χ1) is 6.99. The fourth-order valence-corrected chi connectivity index (χ4v) is 4.12. The van der Waals surface area contributed by atoms with E-state index in [1.54, 1.807) is 0 Å². The van der Waals surface area contributed by atoms with E-state index in [2.05, 4.69) is 53.1 Å². The molecule has 0 N–H and O–H groups in total. The molecule has 0 aromatic heterocycles. The van der Waals surface area contributed by atoms with Gasteiger partial charge in [0.05, 0.1) is 0 Å². The van der Waals surface area contributed by atoms with E-state index in [1.807, 2.05) is 4.57 Å². The standard InChI is InChI=1S/C11H27NO2Si2/c1-10(2)11(14-16(6,7)8)12(9-13)15(3,4)5/h9-11H,1-8H3. The molecule has 0 aliphatic rings. The highest BCUT2D eigenvalue weighted by Gasteiger charge is 2.34. The van der Waals surface area contributed by atoms with E-state index in [9.17, 15) is 4.79 Å². The lowest BCUT2D eigenvalue weighted by Crippen LogP contribution is -2.56. The molecule has 0 spiro atoms.